The van der Waals surface area contributed by atoms with Gasteiger partial charge in [0.15, 0.2) is 0 Å². The molecule has 35 heavy (non-hydrogen) atoms. The van der Waals surface area contributed by atoms with Crippen LogP contribution in [0.25, 0.3) is 0 Å². The van der Waals surface area contributed by atoms with E-state index in [2.05, 4.69) is 17.3 Å². The highest BCUT2D eigenvalue weighted by Crippen LogP contribution is 2.42. The highest BCUT2D eigenvalue weighted by Gasteiger charge is 2.55. The summed E-state index contributed by atoms with van der Waals surface area (Å²) in [4.78, 5) is 15.5. The van der Waals surface area contributed by atoms with Gasteiger partial charge in [-0.3, -0.25) is 13.9 Å². The second kappa shape index (κ2) is 11.3. The molecule has 0 radical (unpaired) electrons. The average molecular weight is 523 g/mol. The molecule has 4 rings (SSSR count). The van der Waals surface area contributed by atoms with Gasteiger partial charge in [0, 0.05) is 46.7 Å². The zero-order chi connectivity index (χ0) is 25.1. The molecule has 3 aliphatic heterocycles. The van der Waals surface area contributed by atoms with Crippen molar-refractivity contribution in [3.63, 3.8) is 0 Å². The summed E-state index contributed by atoms with van der Waals surface area (Å²) in [5, 5.41) is 0. The first-order chi connectivity index (χ1) is 16.8. The Hall–Kier alpha value is -1.52. The zero-order valence-corrected chi connectivity index (χ0v) is 23.0. The van der Waals surface area contributed by atoms with E-state index in [1.165, 1.54) is 11.8 Å². The average Bonchev–Trinajstić information content (AvgIpc) is 3.48. The molecular weight excluding hydrogens is 484 g/mol. The molecule has 1 amide bonds. The second-order valence-electron chi connectivity index (χ2n) is 9.24. The predicted molar refractivity (Wildman–Crippen MR) is 143 cm³/mol. The first kappa shape index (κ1) is 26.5. The number of hydrogen-bond donors (Lipinski definition) is 0. The van der Waals surface area contributed by atoms with Gasteiger partial charge in [0.2, 0.25) is 0 Å². The lowest BCUT2D eigenvalue weighted by Crippen LogP contribution is -2.49. The fraction of sp³-hybridized carbons (Fsp3) is 0.615. The van der Waals surface area contributed by atoms with E-state index in [1.807, 2.05) is 37.7 Å². The molecule has 0 N–H and O–H groups in total. The Kier molecular flexibility index (Phi) is 8.53. The number of carbonyl (C=O) groups is 1. The van der Waals surface area contributed by atoms with Crippen molar-refractivity contribution >= 4 is 31.6 Å². The molecule has 0 bridgehead atoms. The number of nitrogens with zero attached hydrogens (tertiary/aromatic N) is 2. The highest BCUT2D eigenvalue weighted by molar-refractivity contribution is 8.27. The zero-order valence-electron chi connectivity index (χ0n) is 21.3. The largest absolute Gasteiger partial charge is 0.498 e. The Morgan fingerprint density at radius 1 is 1.26 bits per heavy atom. The first-order valence-electron chi connectivity index (χ1n) is 12.6. The van der Waals surface area contributed by atoms with E-state index in [0.717, 1.165) is 72.8 Å². The molecule has 0 aromatic rings. The molecule has 1 atom stereocenters. The number of ether oxygens (including phenoxy) is 3. The quantitative estimate of drug-likeness (QED) is 0.369. The fourth-order valence-electron chi connectivity index (χ4n) is 4.90. The summed E-state index contributed by atoms with van der Waals surface area (Å²) in [5.41, 5.74) is 2.20. The van der Waals surface area contributed by atoms with Crippen LogP contribution in [0.5, 0.6) is 0 Å². The third-order valence-electron chi connectivity index (χ3n) is 6.82. The van der Waals surface area contributed by atoms with E-state index in [4.69, 9.17) is 14.2 Å². The number of hydrogen-bond acceptors (Lipinski definition) is 6. The summed E-state index contributed by atoms with van der Waals surface area (Å²) >= 11 is 1.50. The molecule has 1 unspecified atom stereocenters. The molecule has 4 aliphatic rings. The fourth-order valence-corrected chi connectivity index (χ4v) is 8.19. The van der Waals surface area contributed by atoms with E-state index in [9.17, 15) is 9.00 Å². The summed E-state index contributed by atoms with van der Waals surface area (Å²) < 4.78 is 34.6. The third kappa shape index (κ3) is 5.16. The topological polar surface area (TPSA) is 68.3 Å². The van der Waals surface area contributed by atoms with Crippen molar-refractivity contribution in [2.24, 2.45) is 0 Å². The molecule has 7 nitrogen and oxygen atoms in total. The minimum absolute atomic E-state index is 0.240. The van der Waals surface area contributed by atoms with Crippen molar-refractivity contribution in [3.05, 3.63) is 47.0 Å². The van der Waals surface area contributed by atoms with Crippen molar-refractivity contribution in [2.45, 2.75) is 58.2 Å². The second-order valence-corrected chi connectivity index (χ2v) is 12.9. The highest BCUT2D eigenvalue weighted by atomic mass is 32.2. The first-order valence-corrected chi connectivity index (χ1v) is 15.7. The van der Waals surface area contributed by atoms with E-state index in [-0.39, 0.29) is 5.91 Å². The lowest BCUT2D eigenvalue weighted by molar-refractivity contribution is -0.235. The van der Waals surface area contributed by atoms with Crippen LogP contribution in [0.1, 0.15) is 52.4 Å². The lowest BCUT2D eigenvalue weighted by Gasteiger charge is -2.33. The molecule has 194 valence electrons. The van der Waals surface area contributed by atoms with Crippen LogP contribution < -0.4 is 0 Å². The van der Waals surface area contributed by atoms with Gasteiger partial charge in [0.25, 0.3) is 11.7 Å². The van der Waals surface area contributed by atoms with Gasteiger partial charge < -0.3 is 14.2 Å². The molecule has 2 saturated heterocycles. The minimum atomic E-state index is -2.33. The van der Waals surface area contributed by atoms with Crippen molar-refractivity contribution in [1.29, 1.82) is 0 Å². The summed E-state index contributed by atoms with van der Waals surface area (Å²) in [6, 6.07) is 0. The Balaban J connectivity index is 1.75. The summed E-state index contributed by atoms with van der Waals surface area (Å²) in [5.74, 6) is -0.765. The van der Waals surface area contributed by atoms with E-state index >= 15 is 0 Å². The van der Waals surface area contributed by atoms with Gasteiger partial charge in [-0.1, -0.05) is 13.0 Å². The summed E-state index contributed by atoms with van der Waals surface area (Å²) in [6.07, 6.45) is 17.0. The van der Waals surface area contributed by atoms with Gasteiger partial charge in [0.1, 0.15) is 0 Å². The van der Waals surface area contributed by atoms with Gasteiger partial charge >= 0.3 is 0 Å². The molecule has 0 aromatic carbocycles. The van der Waals surface area contributed by atoms with Gasteiger partial charge in [-0.25, -0.2) is 4.31 Å². The van der Waals surface area contributed by atoms with Crippen molar-refractivity contribution in [2.75, 3.05) is 45.4 Å². The van der Waals surface area contributed by atoms with Crippen LogP contribution >= 0.6 is 11.8 Å². The standard InChI is InChI=1S/C26H38N2O5S2/c1-5-16-31-22-11-8-10-21(19-22)28-23(20(2)26(25(28)29)32-17-9-18-33-26)12-13-24(34-3)35(4,30)27-14-6-7-15-27/h10,12-13,19H,5-9,11,14-18H2,1-4H3/b13-12-. The summed E-state index contributed by atoms with van der Waals surface area (Å²) in [7, 11) is -2.33. The SMILES string of the molecule is CCCOC1=CC(N2C(=O)C3(OCCCO3)C(C)=C2/C=C\C(SC)=S(C)(=O)N2CCCC2)=CCC1. The Labute approximate surface area is 214 Å². The molecule has 0 aromatic heterocycles. The third-order valence-corrected chi connectivity index (χ3v) is 11.0. The maximum absolute atomic E-state index is 13.9. The van der Waals surface area contributed by atoms with Gasteiger partial charge in [-0.15, -0.1) is 11.8 Å². The molecule has 1 aliphatic carbocycles. The Morgan fingerprint density at radius 2 is 1.97 bits per heavy atom. The normalized spacial score (nSPS) is 24.8. The van der Waals surface area contributed by atoms with Crippen LogP contribution in [0.2, 0.25) is 0 Å². The predicted octanol–water partition coefficient (Wildman–Crippen LogP) is 4.20. The molecule has 2 fully saturated rings. The Bertz CT molecular complexity index is 1070. The maximum atomic E-state index is 13.9. The van der Waals surface area contributed by atoms with E-state index in [1.54, 1.807) is 4.90 Å². The Morgan fingerprint density at radius 3 is 2.63 bits per heavy atom. The van der Waals surface area contributed by atoms with E-state index in [0.29, 0.717) is 25.5 Å². The molecular formula is C26H38N2O5S2. The number of allylic oxidation sites excluding steroid dienone is 4. The number of carbonyl (C=O) groups excluding carboxylic acids is 1. The van der Waals surface area contributed by atoms with Crippen molar-refractivity contribution in [1.82, 2.24) is 9.21 Å². The van der Waals surface area contributed by atoms with Crippen molar-refractivity contribution < 1.29 is 23.2 Å². The van der Waals surface area contributed by atoms with Crippen LogP contribution in [-0.2, 0) is 28.7 Å². The van der Waals surface area contributed by atoms with E-state index < -0.39 is 15.5 Å². The van der Waals surface area contributed by atoms with Gasteiger partial charge in [-0.05, 0) is 63.5 Å². The van der Waals surface area contributed by atoms with Crippen LogP contribution in [0.4, 0.5) is 0 Å². The maximum Gasteiger partial charge on any atom is 0.296 e. The monoisotopic (exact) mass is 522 g/mol. The van der Waals surface area contributed by atoms with Crippen molar-refractivity contribution in [3.8, 4) is 0 Å². The number of thioether (sulfide) groups is 1. The summed E-state index contributed by atoms with van der Waals surface area (Å²) in [6.45, 7) is 7.26. The smallest absolute Gasteiger partial charge is 0.296 e. The number of rotatable bonds is 7. The van der Waals surface area contributed by atoms with Crippen LogP contribution in [0.3, 0.4) is 0 Å². The molecule has 9 heteroatoms. The van der Waals surface area contributed by atoms with Crippen LogP contribution in [-0.4, -0.2) is 74.7 Å². The minimum Gasteiger partial charge on any atom is -0.498 e. The molecule has 3 heterocycles. The van der Waals surface area contributed by atoms with Crippen LogP contribution in [0.15, 0.2) is 47.0 Å². The lowest BCUT2D eigenvalue weighted by atomic mass is 10.1. The van der Waals surface area contributed by atoms with Gasteiger partial charge in [-0.2, -0.15) is 0 Å². The van der Waals surface area contributed by atoms with Gasteiger partial charge in [0.05, 0.1) is 35.5 Å². The van der Waals surface area contributed by atoms with Crippen LogP contribution in [0, 0.1) is 0 Å². The molecule has 1 spiro atoms. The molecule has 0 saturated carbocycles. The number of amides is 1.